The molecule has 3 aromatic carbocycles. The van der Waals surface area contributed by atoms with Gasteiger partial charge >= 0.3 is 0 Å². The molecule has 0 unspecified atom stereocenters. The van der Waals surface area contributed by atoms with E-state index in [9.17, 15) is 0 Å². The largest absolute Gasteiger partial charge is 0.494 e. The Morgan fingerprint density at radius 1 is 0.651 bits per heavy atom. The van der Waals surface area contributed by atoms with E-state index >= 15 is 0 Å². The van der Waals surface area contributed by atoms with E-state index in [0.29, 0.717) is 10.8 Å². The van der Waals surface area contributed by atoms with Crippen LogP contribution in [0.1, 0.15) is 126 Å². The molecule has 0 heterocycles. The van der Waals surface area contributed by atoms with Gasteiger partial charge in [-0.05, 0) is 121 Å². The second kappa shape index (κ2) is 14.3. The number of nitrogens with zero attached hydrogens (tertiary/aromatic N) is 1. The SMILES string of the molecule is CCCCCCCCCCCCOc1ccc(C=Nc2ccc(C34C[C@H]5C[C@@H](CC(c6ccccc6)(C5)C3)C4)cc2)cc1. The maximum Gasteiger partial charge on any atom is 0.119 e. The fourth-order valence-corrected chi connectivity index (χ4v) is 9.21. The first-order valence-corrected chi connectivity index (χ1v) is 17.6. The van der Waals surface area contributed by atoms with Crippen LogP contribution in [0.5, 0.6) is 5.75 Å². The van der Waals surface area contributed by atoms with Crippen molar-refractivity contribution in [2.24, 2.45) is 16.8 Å². The Labute approximate surface area is 261 Å². The zero-order chi connectivity index (χ0) is 29.4. The average molecular weight is 576 g/mol. The quantitative estimate of drug-likeness (QED) is 0.123. The fraction of sp³-hybridized carbons (Fsp3) is 0.537. The number of unbranched alkanes of at least 4 members (excludes halogenated alkanes) is 9. The van der Waals surface area contributed by atoms with Gasteiger partial charge < -0.3 is 4.74 Å². The number of aliphatic imine (C=N–C) groups is 1. The maximum absolute atomic E-state index is 6.00. The molecular formula is C41H53NO. The van der Waals surface area contributed by atoms with Crippen LogP contribution in [0.4, 0.5) is 5.69 Å². The van der Waals surface area contributed by atoms with Gasteiger partial charge in [0.25, 0.3) is 0 Å². The molecule has 2 nitrogen and oxygen atoms in total. The van der Waals surface area contributed by atoms with Crippen LogP contribution in [0.25, 0.3) is 0 Å². The van der Waals surface area contributed by atoms with E-state index in [2.05, 4.69) is 85.8 Å². The molecule has 0 amide bonds. The molecule has 4 saturated carbocycles. The topological polar surface area (TPSA) is 21.6 Å². The van der Waals surface area contributed by atoms with E-state index in [0.717, 1.165) is 41.9 Å². The second-order valence-electron chi connectivity index (χ2n) is 14.3. The van der Waals surface area contributed by atoms with Crippen LogP contribution in [-0.2, 0) is 10.8 Å². The molecule has 0 saturated heterocycles. The van der Waals surface area contributed by atoms with Gasteiger partial charge in [-0.1, -0.05) is 107 Å². The lowest BCUT2D eigenvalue weighted by atomic mass is 9.42. The highest BCUT2D eigenvalue weighted by Gasteiger charge is 2.58. The van der Waals surface area contributed by atoms with Gasteiger partial charge in [-0.25, -0.2) is 0 Å². The van der Waals surface area contributed by atoms with Crippen molar-refractivity contribution in [3.8, 4) is 5.75 Å². The number of hydrogen-bond donors (Lipinski definition) is 0. The van der Waals surface area contributed by atoms with E-state index in [1.54, 1.807) is 11.1 Å². The number of benzene rings is 3. The molecule has 0 N–H and O–H groups in total. The van der Waals surface area contributed by atoms with Crippen molar-refractivity contribution in [3.05, 3.63) is 95.6 Å². The second-order valence-corrected chi connectivity index (χ2v) is 14.3. The zero-order valence-corrected chi connectivity index (χ0v) is 26.6. The van der Waals surface area contributed by atoms with Gasteiger partial charge in [-0.3, -0.25) is 4.99 Å². The van der Waals surface area contributed by atoms with E-state index in [1.807, 2.05) is 6.21 Å². The van der Waals surface area contributed by atoms with Crippen LogP contribution in [-0.4, -0.2) is 12.8 Å². The number of rotatable bonds is 16. The van der Waals surface area contributed by atoms with Crippen molar-refractivity contribution in [1.29, 1.82) is 0 Å². The number of ether oxygens (including phenoxy) is 1. The summed E-state index contributed by atoms with van der Waals surface area (Å²) in [6, 6.07) is 29.1. The van der Waals surface area contributed by atoms with Gasteiger partial charge in [0.1, 0.15) is 5.75 Å². The first-order chi connectivity index (χ1) is 21.2. The number of hydrogen-bond acceptors (Lipinski definition) is 2. The van der Waals surface area contributed by atoms with Crippen LogP contribution in [0.15, 0.2) is 83.9 Å². The molecule has 4 bridgehead atoms. The lowest BCUT2D eigenvalue weighted by Gasteiger charge is -2.62. The molecule has 43 heavy (non-hydrogen) atoms. The third-order valence-electron chi connectivity index (χ3n) is 10.9. The monoisotopic (exact) mass is 575 g/mol. The molecule has 228 valence electrons. The van der Waals surface area contributed by atoms with Gasteiger partial charge in [-0.2, -0.15) is 0 Å². The summed E-state index contributed by atoms with van der Waals surface area (Å²) in [4.78, 5) is 4.82. The minimum atomic E-state index is 0.339. The van der Waals surface area contributed by atoms with Crippen LogP contribution in [0.2, 0.25) is 0 Å². The van der Waals surface area contributed by atoms with E-state index in [4.69, 9.17) is 9.73 Å². The van der Waals surface area contributed by atoms with Gasteiger partial charge in [0.2, 0.25) is 0 Å². The highest BCUT2D eigenvalue weighted by atomic mass is 16.5. The van der Waals surface area contributed by atoms with Crippen molar-refractivity contribution in [2.75, 3.05) is 6.61 Å². The first kappa shape index (κ1) is 30.2. The summed E-state index contributed by atoms with van der Waals surface area (Å²) in [5.74, 6) is 2.71. The Bertz CT molecular complexity index is 1280. The smallest absolute Gasteiger partial charge is 0.119 e. The van der Waals surface area contributed by atoms with Gasteiger partial charge in [0.05, 0.1) is 12.3 Å². The van der Waals surface area contributed by atoms with Crippen molar-refractivity contribution < 1.29 is 4.74 Å². The Kier molecular flexibility index (Phi) is 10.0. The minimum absolute atomic E-state index is 0.339. The van der Waals surface area contributed by atoms with Crippen molar-refractivity contribution in [3.63, 3.8) is 0 Å². The van der Waals surface area contributed by atoms with Crippen molar-refractivity contribution in [1.82, 2.24) is 0 Å². The van der Waals surface area contributed by atoms with Crippen LogP contribution < -0.4 is 4.74 Å². The summed E-state index contributed by atoms with van der Waals surface area (Å²) in [5.41, 5.74) is 6.00. The van der Waals surface area contributed by atoms with Crippen molar-refractivity contribution in [2.45, 2.75) is 120 Å². The molecule has 4 fully saturated rings. The van der Waals surface area contributed by atoms with Crippen LogP contribution >= 0.6 is 0 Å². The summed E-state index contributed by atoms with van der Waals surface area (Å²) in [7, 11) is 0. The molecule has 2 heteroatoms. The fourth-order valence-electron chi connectivity index (χ4n) is 9.21. The summed E-state index contributed by atoms with van der Waals surface area (Å²) in [5, 5.41) is 0. The molecule has 7 rings (SSSR count). The summed E-state index contributed by atoms with van der Waals surface area (Å²) < 4.78 is 6.00. The summed E-state index contributed by atoms with van der Waals surface area (Å²) in [6.07, 6.45) is 23.8. The lowest BCUT2D eigenvalue weighted by Crippen LogP contribution is -2.55. The zero-order valence-electron chi connectivity index (χ0n) is 26.6. The predicted octanol–water partition coefficient (Wildman–Crippen LogP) is 11.5. The van der Waals surface area contributed by atoms with Crippen LogP contribution in [0, 0.1) is 11.8 Å². The predicted molar refractivity (Wildman–Crippen MR) is 182 cm³/mol. The first-order valence-electron chi connectivity index (χ1n) is 17.6. The highest BCUT2D eigenvalue weighted by Crippen LogP contribution is 2.66. The van der Waals surface area contributed by atoms with Crippen LogP contribution in [0.3, 0.4) is 0 Å². The maximum atomic E-state index is 6.00. The van der Waals surface area contributed by atoms with Gasteiger partial charge in [0.15, 0.2) is 0 Å². The average Bonchev–Trinajstić information content (AvgIpc) is 3.03. The molecule has 0 spiro atoms. The molecule has 4 aliphatic carbocycles. The lowest BCUT2D eigenvalue weighted by molar-refractivity contribution is -0.0281. The molecule has 0 aromatic heterocycles. The molecule has 3 aromatic rings. The van der Waals surface area contributed by atoms with Gasteiger partial charge in [-0.15, -0.1) is 0 Å². The molecular weight excluding hydrogens is 522 g/mol. The van der Waals surface area contributed by atoms with E-state index in [1.165, 1.54) is 96.3 Å². The van der Waals surface area contributed by atoms with Crippen molar-refractivity contribution >= 4 is 11.9 Å². The van der Waals surface area contributed by atoms with Gasteiger partial charge in [0, 0.05) is 6.21 Å². The minimum Gasteiger partial charge on any atom is -0.494 e. The Hall–Kier alpha value is -2.87. The Morgan fingerprint density at radius 3 is 1.81 bits per heavy atom. The van der Waals surface area contributed by atoms with E-state index in [-0.39, 0.29) is 0 Å². The Balaban J connectivity index is 0.967. The molecule has 2 atom stereocenters. The summed E-state index contributed by atoms with van der Waals surface area (Å²) in [6.45, 7) is 3.10. The third-order valence-corrected chi connectivity index (χ3v) is 10.9. The third kappa shape index (κ3) is 7.44. The van der Waals surface area contributed by atoms with E-state index < -0.39 is 0 Å². The highest BCUT2D eigenvalue weighted by molar-refractivity contribution is 5.82. The molecule has 0 aliphatic heterocycles. The molecule has 0 radical (unpaired) electrons. The normalized spacial score (nSPS) is 25.9. The standard InChI is InChI=1S/C41H53NO/c1-2-3-4-5-6-7-8-9-10-14-25-43-39-23-17-33(18-24-39)31-42-38-21-19-37(20-22-38)41-29-34-26-35(30-41)28-40(27-34,32-41)36-15-12-11-13-16-36/h11-13,15-24,31,34-35H,2-10,14,25-30,32H2,1H3/t34-,35-,40?,41?/m0/s1. The summed E-state index contributed by atoms with van der Waals surface area (Å²) >= 11 is 0. The molecule has 4 aliphatic rings. The Morgan fingerprint density at radius 2 is 1.21 bits per heavy atom.